The largest absolute Gasteiger partial charge is 0.0991 e. The van der Waals surface area contributed by atoms with Gasteiger partial charge in [-0.15, -0.1) is 0 Å². The van der Waals surface area contributed by atoms with Gasteiger partial charge in [0.15, 0.2) is 0 Å². The fourth-order valence-electron chi connectivity index (χ4n) is 2.13. The van der Waals surface area contributed by atoms with E-state index in [1.54, 1.807) is 0 Å². The monoisotopic (exact) mass is 222 g/mol. The Morgan fingerprint density at radius 3 is 2.71 bits per heavy atom. The van der Waals surface area contributed by atoms with Crippen molar-refractivity contribution in [1.82, 2.24) is 0 Å². The van der Waals surface area contributed by atoms with E-state index in [1.165, 1.54) is 22.3 Å². The molecule has 0 aromatic heterocycles. The molecule has 2 rings (SSSR count). The molecule has 0 unspecified atom stereocenters. The summed E-state index contributed by atoms with van der Waals surface area (Å²) in [4.78, 5) is 0. The minimum atomic E-state index is 1.12. The van der Waals surface area contributed by atoms with Crippen LogP contribution in [0.4, 0.5) is 0 Å². The van der Waals surface area contributed by atoms with E-state index in [-0.39, 0.29) is 0 Å². The Hall–Kier alpha value is -1.82. The van der Waals surface area contributed by atoms with Crippen molar-refractivity contribution in [3.05, 3.63) is 77.9 Å². The molecule has 0 amide bonds. The number of hydrogen-bond acceptors (Lipinski definition) is 0. The molecule has 86 valence electrons. The predicted octanol–water partition coefficient (Wildman–Crippen LogP) is 4.92. The van der Waals surface area contributed by atoms with Crippen molar-refractivity contribution >= 4 is 5.57 Å². The molecule has 0 aliphatic heterocycles. The maximum absolute atomic E-state index is 3.75. The van der Waals surface area contributed by atoms with Gasteiger partial charge in [-0.3, -0.25) is 0 Å². The third-order valence-electron chi connectivity index (χ3n) is 3.09. The summed E-state index contributed by atoms with van der Waals surface area (Å²) >= 11 is 0. The Kier molecular flexibility index (Phi) is 3.77. The van der Waals surface area contributed by atoms with Gasteiger partial charge in [-0.1, -0.05) is 61.2 Å². The van der Waals surface area contributed by atoms with Crippen molar-refractivity contribution in [2.24, 2.45) is 0 Å². The molecule has 0 bridgehead atoms. The summed E-state index contributed by atoms with van der Waals surface area (Å²) in [5, 5.41) is 0. The van der Waals surface area contributed by atoms with Crippen molar-refractivity contribution in [1.29, 1.82) is 0 Å². The van der Waals surface area contributed by atoms with Crippen LogP contribution in [-0.4, -0.2) is 0 Å². The SMILES string of the molecule is C=C/C=C(\C)C1=CC(c2ccccc2)=CCC1. The molecule has 0 spiro atoms. The molecule has 1 aromatic rings. The third-order valence-corrected chi connectivity index (χ3v) is 3.09. The average Bonchev–Trinajstić information content (AvgIpc) is 2.40. The number of hydrogen-bond donors (Lipinski definition) is 0. The Bertz CT molecular complexity index is 484. The zero-order valence-corrected chi connectivity index (χ0v) is 10.3. The van der Waals surface area contributed by atoms with Crippen LogP contribution in [0.15, 0.2) is 72.4 Å². The van der Waals surface area contributed by atoms with E-state index in [2.05, 4.69) is 62.1 Å². The quantitative estimate of drug-likeness (QED) is 0.637. The van der Waals surface area contributed by atoms with Gasteiger partial charge in [-0.05, 0) is 42.0 Å². The third kappa shape index (κ3) is 2.85. The van der Waals surface area contributed by atoms with Gasteiger partial charge >= 0.3 is 0 Å². The molecule has 0 fully saturated rings. The summed E-state index contributed by atoms with van der Waals surface area (Å²) < 4.78 is 0. The molecule has 0 saturated heterocycles. The Balaban J connectivity index is 2.30. The van der Waals surface area contributed by atoms with Gasteiger partial charge in [0.2, 0.25) is 0 Å². The van der Waals surface area contributed by atoms with Gasteiger partial charge in [0.1, 0.15) is 0 Å². The summed E-state index contributed by atoms with van der Waals surface area (Å²) in [6, 6.07) is 10.6. The molecular formula is C17H18. The zero-order chi connectivity index (χ0) is 12.1. The van der Waals surface area contributed by atoms with Crippen LogP contribution in [0.5, 0.6) is 0 Å². The average molecular weight is 222 g/mol. The van der Waals surface area contributed by atoms with Gasteiger partial charge in [-0.25, -0.2) is 0 Å². The lowest BCUT2D eigenvalue weighted by molar-refractivity contribution is 0.972. The molecule has 0 saturated carbocycles. The Labute approximate surface area is 104 Å². The minimum absolute atomic E-state index is 1.12. The van der Waals surface area contributed by atoms with Crippen molar-refractivity contribution in [2.45, 2.75) is 19.8 Å². The van der Waals surface area contributed by atoms with Gasteiger partial charge in [-0.2, -0.15) is 0 Å². The van der Waals surface area contributed by atoms with E-state index >= 15 is 0 Å². The van der Waals surface area contributed by atoms with Gasteiger partial charge < -0.3 is 0 Å². The summed E-state index contributed by atoms with van der Waals surface area (Å²) in [5.74, 6) is 0. The van der Waals surface area contributed by atoms with Crippen LogP contribution in [-0.2, 0) is 0 Å². The highest BCUT2D eigenvalue weighted by atomic mass is 14.1. The van der Waals surface area contributed by atoms with E-state index in [1.807, 2.05) is 6.08 Å². The smallest absolute Gasteiger partial charge is 0.0187 e. The second-order valence-corrected chi connectivity index (χ2v) is 4.32. The highest BCUT2D eigenvalue weighted by Gasteiger charge is 2.07. The zero-order valence-electron chi connectivity index (χ0n) is 10.3. The van der Waals surface area contributed by atoms with E-state index in [9.17, 15) is 0 Å². The van der Waals surface area contributed by atoms with Gasteiger partial charge in [0.25, 0.3) is 0 Å². The van der Waals surface area contributed by atoms with Gasteiger partial charge in [0, 0.05) is 0 Å². The van der Waals surface area contributed by atoms with E-state index < -0.39 is 0 Å². The predicted molar refractivity (Wildman–Crippen MR) is 75.7 cm³/mol. The van der Waals surface area contributed by atoms with Crippen LogP contribution >= 0.6 is 0 Å². The van der Waals surface area contributed by atoms with Crippen LogP contribution in [0, 0.1) is 0 Å². The van der Waals surface area contributed by atoms with Crippen LogP contribution in [0.25, 0.3) is 5.57 Å². The first-order valence-corrected chi connectivity index (χ1v) is 6.07. The van der Waals surface area contributed by atoms with Crippen molar-refractivity contribution in [3.8, 4) is 0 Å². The minimum Gasteiger partial charge on any atom is -0.0991 e. The fourth-order valence-corrected chi connectivity index (χ4v) is 2.13. The Morgan fingerprint density at radius 2 is 2.00 bits per heavy atom. The first kappa shape index (κ1) is 11.7. The van der Waals surface area contributed by atoms with Crippen LogP contribution in [0.1, 0.15) is 25.3 Å². The molecule has 0 atom stereocenters. The highest BCUT2D eigenvalue weighted by molar-refractivity contribution is 5.76. The lowest BCUT2D eigenvalue weighted by Gasteiger charge is -2.14. The number of benzene rings is 1. The molecule has 1 aromatic carbocycles. The molecule has 0 heteroatoms. The molecule has 1 aliphatic rings. The standard InChI is InChI=1S/C17H18/c1-3-8-14(2)16-11-7-12-17(13-16)15-9-5-4-6-10-15/h3-6,8-10,12-13H,1,7,11H2,2H3/b14-8+. The van der Waals surface area contributed by atoms with Crippen molar-refractivity contribution < 1.29 is 0 Å². The molecule has 0 N–H and O–H groups in total. The van der Waals surface area contributed by atoms with Crippen molar-refractivity contribution in [2.75, 3.05) is 0 Å². The maximum Gasteiger partial charge on any atom is -0.0187 e. The molecule has 1 aliphatic carbocycles. The maximum atomic E-state index is 3.75. The van der Waals surface area contributed by atoms with E-state index in [0.717, 1.165) is 12.8 Å². The summed E-state index contributed by atoms with van der Waals surface area (Å²) in [6.45, 7) is 5.91. The first-order chi connectivity index (χ1) is 8.31. The number of allylic oxidation sites excluding steroid dienone is 7. The van der Waals surface area contributed by atoms with Gasteiger partial charge in [0.05, 0.1) is 0 Å². The van der Waals surface area contributed by atoms with E-state index in [0.29, 0.717) is 0 Å². The lowest BCUT2D eigenvalue weighted by Crippen LogP contribution is -1.94. The molecule has 17 heavy (non-hydrogen) atoms. The van der Waals surface area contributed by atoms with E-state index in [4.69, 9.17) is 0 Å². The number of rotatable bonds is 3. The van der Waals surface area contributed by atoms with Crippen LogP contribution < -0.4 is 0 Å². The second kappa shape index (κ2) is 5.49. The molecule has 0 radical (unpaired) electrons. The first-order valence-electron chi connectivity index (χ1n) is 6.07. The van der Waals surface area contributed by atoms with Crippen LogP contribution in [0.3, 0.4) is 0 Å². The summed E-state index contributed by atoms with van der Waals surface area (Å²) in [5.41, 5.74) is 5.38. The van der Waals surface area contributed by atoms with Crippen molar-refractivity contribution in [3.63, 3.8) is 0 Å². The fraction of sp³-hybridized carbons (Fsp3) is 0.176. The van der Waals surface area contributed by atoms with Crippen LogP contribution in [0.2, 0.25) is 0 Å². The second-order valence-electron chi connectivity index (χ2n) is 4.32. The summed E-state index contributed by atoms with van der Waals surface area (Å²) in [7, 11) is 0. The highest BCUT2D eigenvalue weighted by Crippen LogP contribution is 2.28. The molecule has 0 heterocycles. The topological polar surface area (TPSA) is 0 Å². The molecular weight excluding hydrogens is 204 g/mol. The molecule has 0 nitrogen and oxygen atoms in total. The normalized spacial score (nSPS) is 16.2. The lowest BCUT2D eigenvalue weighted by atomic mass is 9.91. The Morgan fingerprint density at radius 1 is 1.24 bits per heavy atom. The summed E-state index contributed by atoms with van der Waals surface area (Å²) in [6.07, 6.45) is 10.8.